The lowest BCUT2D eigenvalue weighted by molar-refractivity contribution is -0.138. The predicted molar refractivity (Wildman–Crippen MR) is 79.9 cm³/mol. The second-order valence-electron chi connectivity index (χ2n) is 4.56. The summed E-state index contributed by atoms with van der Waals surface area (Å²) in [4.78, 5) is 0. The van der Waals surface area contributed by atoms with Crippen molar-refractivity contribution in [2.45, 2.75) is 12.4 Å². The fourth-order valence-electron chi connectivity index (χ4n) is 1.77. The Morgan fingerprint density at radius 1 is 0.680 bits per heavy atom. The van der Waals surface area contributed by atoms with Crippen LogP contribution < -0.4 is 9.31 Å². The van der Waals surface area contributed by atoms with Crippen molar-refractivity contribution in [1.82, 2.24) is 0 Å². The fourth-order valence-corrected chi connectivity index (χ4v) is 2.32. The Balaban J connectivity index is 2.13. The van der Waals surface area contributed by atoms with Crippen molar-refractivity contribution in [3.05, 3.63) is 57.6 Å². The monoisotopic (exact) mass is 401 g/mol. The lowest BCUT2D eigenvalue weighted by Crippen LogP contribution is -2.14. The van der Waals surface area contributed by atoms with E-state index < -0.39 is 33.5 Å². The van der Waals surface area contributed by atoms with Gasteiger partial charge >= 0.3 is 20.0 Å². The number of benzene rings is 2. The van der Waals surface area contributed by atoms with Gasteiger partial charge in [0.05, 0.1) is 21.2 Å². The highest BCUT2D eigenvalue weighted by atomic mass is 35.5. The molecule has 0 bridgehead atoms. The summed E-state index contributed by atoms with van der Waals surface area (Å²) in [7, 11) is 0.530. The summed E-state index contributed by atoms with van der Waals surface area (Å²) < 4.78 is 86.0. The minimum absolute atomic E-state index is 0.389. The van der Waals surface area contributed by atoms with Gasteiger partial charge < -0.3 is 9.31 Å². The van der Waals surface area contributed by atoms with Crippen LogP contribution in [-0.2, 0) is 12.4 Å². The smallest absolute Gasteiger partial charge is 0.525 e. The largest absolute Gasteiger partial charge is 0.658 e. The van der Waals surface area contributed by atoms with Crippen molar-refractivity contribution in [3.63, 3.8) is 0 Å². The van der Waals surface area contributed by atoms with E-state index in [4.69, 9.17) is 32.5 Å². The maximum atomic E-state index is 12.7. The molecule has 0 atom stereocenters. The van der Waals surface area contributed by atoms with Crippen LogP contribution in [0.5, 0.6) is 11.5 Å². The predicted octanol–water partition coefficient (Wildman–Crippen LogP) is 6.02. The van der Waals surface area contributed by atoms with Crippen LogP contribution in [-0.4, -0.2) is 7.69 Å². The lowest BCUT2D eigenvalue weighted by atomic mass is 10.2. The van der Waals surface area contributed by atoms with Gasteiger partial charge in [0.25, 0.3) is 0 Å². The molecule has 2 nitrogen and oxygen atoms in total. The summed E-state index contributed by atoms with van der Waals surface area (Å²) in [6.45, 7) is 0. The van der Waals surface area contributed by atoms with Gasteiger partial charge in [-0.2, -0.15) is 26.3 Å². The molecule has 0 N–H and O–H groups in total. The molecule has 2 aromatic carbocycles. The molecule has 25 heavy (non-hydrogen) atoms. The molecule has 0 spiro atoms. The third kappa shape index (κ3) is 4.67. The molecule has 0 unspecified atom stereocenters. The van der Waals surface area contributed by atoms with Crippen LogP contribution >= 0.6 is 23.2 Å². The van der Waals surface area contributed by atoms with Crippen LogP contribution in [0.3, 0.4) is 0 Å². The van der Waals surface area contributed by atoms with Crippen LogP contribution in [0.25, 0.3) is 0 Å². The van der Waals surface area contributed by atoms with Crippen LogP contribution in [0.2, 0.25) is 10.0 Å². The average molecular weight is 402 g/mol. The van der Waals surface area contributed by atoms with E-state index >= 15 is 0 Å². The highest BCUT2D eigenvalue weighted by Crippen LogP contribution is 2.40. The molecular formula is C14H6BCl2F6O2. The zero-order chi connectivity index (χ0) is 18.8. The van der Waals surface area contributed by atoms with E-state index in [9.17, 15) is 26.3 Å². The summed E-state index contributed by atoms with van der Waals surface area (Å²) in [6, 6.07) is 5.86. The Bertz CT molecular complexity index is 700. The van der Waals surface area contributed by atoms with Crippen molar-refractivity contribution in [2.75, 3.05) is 0 Å². The molecule has 0 aromatic heterocycles. The normalized spacial score (nSPS) is 12.0. The van der Waals surface area contributed by atoms with E-state index in [0.717, 1.165) is 36.4 Å². The molecule has 0 heterocycles. The number of halogens is 8. The van der Waals surface area contributed by atoms with Gasteiger partial charge in [0, 0.05) is 0 Å². The van der Waals surface area contributed by atoms with Gasteiger partial charge in [-0.25, -0.2) is 0 Å². The summed E-state index contributed by atoms with van der Waals surface area (Å²) >= 11 is 11.2. The van der Waals surface area contributed by atoms with Gasteiger partial charge in [-0.1, -0.05) is 35.3 Å². The zero-order valence-corrected chi connectivity index (χ0v) is 13.4. The van der Waals surface area contributed by atoms with E-state index in [0.29, 0.717) is 7.69 Å². The summed E-state index contributed by atoms with van der Waals surface area (Å²) in [5.41, 5.74) is -2.26. The minimum atomic E-state index is -4.69. The molecular weight excluding hydrogens is 396 g/mol. The van der Waals surface area contributed by atoms with Gasteiger partial charge in [-0.3, -0.25) is 0 Å². The Morgan fingerprint density at radius 3 is 1.36 bits per heavy atom. The standard InChI is InChI=1S/C14H6BCl2F6O2/c16-11-7(13(18,19)20)3-1-5-9(11)24-15-25-10-6-2-4-8(12(10)17)14(21,22)23/h1-6H. The van der Waals surface area contributed by atoms with Gasteiger partial charge in [-0.05, 0) is 24.3 Å². The maximum Gasteiger partial charge on any atom is 0.658 e. The lowest BCUT2D eigenvalue weighted by Gasteiger charge is -2.14. The molecule has 0 saturated carbocycles. The first-order valence-corrected chi connectivity index (χ1v) is 7.14. The number of hydrogen-bond donors (Lipinski definition) is 0. The van der Waals surface area contributed by atoms with Gasteiger partial charge in [0.2, 0.25) is 0 Å². The highest BCUT2D eigenvalue weighted by Gasteiger charge is 2.35. The molecule has 1 radical (unpaired) electrons. The minimum Gasteiger partial charge on any atom is -0.525 e. The molecule has 0 fully saturated rings. The Hall–Kier alpha value is -1.74. The maximum absolute atomic E-state index is 12.7. The average Bonchev–Trinajstić information content (AvgIpc) is 2.48. The van der Waals surface area contributed by atoms with Crippen LogP contribution in [0.4, 0.5) is 26.3 Å². The van der Waals surface area contributed by atoms with Crippen molar-refractivity contribution in [2.24, 2.45) is 0 Å². The van der Waals surface area contributed by atoms with E-state index in [2.05, 4.69) is 0 Å². The second kappa shape index (κ2) is 7.25. The quantitative estimate of drug-likeness (QED) is 0.460. The number of rotatable bonds is 4. The molecule has 0 amide bonds. The first-order chi connectivity index (χ1) is 11.5. The van der Waals surface area contributed by atoms with Gasteiger partial charge in [-0.15, -0.1) is 0 Å². The molecule has 0 aliphatic carbocycles. The van der Waals surface area contributed by atoms with Crippen molar-refractivity contribution >= 4 is 30.9 Å². The van der Waals surface area contributed by atoms with Crippen molar-refractivity contribution in [3.8, 4) is 11.5 Å². The second-order valence-corrected chi connectivity index (χ2v) is 5.32. The van der Waals surface area contributed by atoms with E-state index in [-0.39, 0.29) is 11.5 Å². The topological polar surface area (TPSA) is 18.5 Å². The summed E-state index contributed by atoms with van der Waals surface area (Å²) in [6.07, 6.45) is -9.39. The first-order valence-electron chi connectivity index (χ1n) is 6.38. The van der Waals surface area contributed by atoms with Crippen LogP contribution in [0, 0.1) is 0 Å². The first kappa shape index (κ1) is 19.6. The van der Waals surface area contributed by atoms with Gasteiger partial charge in [0.15, 0.2) is 0 Å². The molecule has 133 valence electrons. The Kier molecular flexibility index (Phi) is 5.68. The zero-order valence-electron chi connectivity index (χ0n) is 11.9. The summed E-state index contributed by atoms with van der Waals surface area (Å²) in [5.74, 6) is -0.779. The highest BCUT2D eigenvalue weighted by molar-refractivity contribution is 6.34. The van der Waals surface area contributed by atoms with Crippen molar-refractivity contribution < 1.29 is 35.7 Å². The molecule has 11 heteroatoms. The SMILES string of the molecule is FC(F)(F)c1cccc(O[B]Oc2cccc(C(F)(F)F)c2Cl)c1Cl. The van der Waals surface area contributed by atoms with E-state index in [1.165, 1.54) is 0 Å². The number of hydrogen-bond acceptors (Lipinski definition) is 2. The van der Waals surface area contributed by atoms with Crippen molar-refractivity contribution in [1.29, 1.82) is 0 Å². The molecule has 2 aromatic rings. The Labute approximate surface area is 148 Å². The third-order valence-electron chi connectivity index (χ3n) is 2.89. The van der Waals surface area contributed by atoms with E-state index in [1.54, 1.807) is 0 Å². The van der Waals surface area contributed by atoms with Crippen LogP contribution in [0.1, 0.15) is 11.1 Å². The molecule has 2 rings (SSSR count). The molecule has 0 saturated heterocycles. The molecule has 0 aliphatic heterocycles. The van der Waals surface area contributed by atoms with Gasteiger partial charge in [0.1, 0.15) is 11.5 Å². The van der Waals surface area contributed by atoms with Crippen LogP contribution in [0.15, 0.2) is 36.4 Å². The molecule has 0 aliphatic rings. The fraction of sp³-hybridized carbons (Fsp3) is 0.143. The third-order valence-corrected chi connectivity index (χ3v) is 3.67. The Morgan fingerprint density at radius 2 is 1.04 bits per heavy atom. The summed E-state index contributed by atoms with van der Waals surface area (Å²) in [5, 5.41) is -1.44. The number of alkyl halides is 6. The van der Waals surface area contributed by atoms with E-state index in [1.807, 2.05) is 0 Å².